The number of hydrogen-bond acceptors (Lipinski definition) is 5. The second kappa shape index (κ2) is 9.04. The molecule has 7 heteroatoms. The fraction of sp³-hybridized carbons (Fsp3) is 0.292. The van der Waals surface area contributed by atoms with Crippen LogP contribution in [0.15, 0.2) is 49.1 Å². The molecular weight excluding hydrogens is 388 g/mol. The number of aryl methyl sites for hydroxylation is 3. The van der Waals surface area contributed by atoms with Gasteiger partial charge in [0.05, 0.1) is 41.5 Å². The molecule has 1 amide bonds. The van der Waals surface area contributed by atoms with E-state index in [0.717, 1.165) is 52.8 Å². The van der Waals surface area contributed by atoms with E-state index in [1.165, 1.54) is 0 Å². The number of rotatable bonds is 7. The summed E-state index contributed by atoms with van der Waals surface area (Å²) in [5, 5.41) is 8.52. The second-order valence-corrected chi connectivity index (χ2v) is 7.73. The van der Waals surface area contributed by atoms with Crippen molar-refractivity contribution in [3.8, 4) is 11.3 Å². The summed E-state index contributed by atoms with van der Waals surface area (Å²) in [5.74, 6) is -0.166. The molecule has 4 aromatic rings. The third-order valence-electron chi connectivity index (χ3n) is 5.20. The Balaban J connectivity index is 1.70. The predicted octanol–water partition coefficient (Wildman–Crippen LogP) is 4.24. The van der Waals surface area contributed by atoms with Crippen molar-refractivity contribution >= 4 is 16.8 Å². The highest BCUT2D eigenvalue weighted by molar-refractivity contribution is 6.03. The highest BCUT2D eigenvalue weighted by Crippen LogP contribution is 2.29. The van der Waals surface area contributed by atoms with E-state index in [1.807, 2.05) is 55.2 Å². The molecule has 31 heavy (non-hydrogen) atoms. The Hall–Kier alpha value is -3.61. The van der Waals surface area contributed by atoms with E-state index in [-0.39, 0.29) is 5.91 Å². The van der Waals surface area contributed by atoms with Gasteiger partial charge in [-0.25, -0.2) is 0 Å². The lowest BCUT2D eigenvalue weighted by atomic mass is 10.0. The lowest BCUT2D eigenvalue weighted by Gasteiger charge is -2.10. The number of nitrogens with one attached hydrogen (secondary N) is 1. The number of aromatic nitrogens is 5. The quantitative estimate of drug-likeness (QED) is 0.489. The molecule has 0 saturated heterocycles. The van der Waals surface area contributed by atoms with Crippen LogP contribution >= 0.6 is 0 Å². The molecular formula is C24H26N6O. The molecule has 0 aliphatic heterocycles. The number of pyridine rings is 1. The maximum absolute atomic E-state index is 13.0. The fourth-order valence-corrected chi connectivity index (χ4v) is 3.42. The SMILES string of the molecule is CCCCn1ncc2c(-c3ccc(C)cn3)cc(C(=O)NCc3cnc(C)cn3)cc21. The summed E-state index contributed by atoms with van der Waals surface area (Å²) in [7, 11) is 0. The molecule has 3 heterocycles. The minimum absolute atomic E-state index is 0.166. The molecule has 4 rings (SSSR count). The second-order valence-electron chi connectivity index (χ2n) is 7.73. The van der Waals surface area contributed by atoms with Crippen LogP contribution in [0.25, 0.3) is 22.2 Å². The van der Waals surface area contributed by atoms with Crippen LogP contribution in [0.4, 0.5) is 0 Å². The number of fused-ring (bicyclic) bond motifs is 1. The summed E-state index contributed by atoms with van der Waals surface area (Å²) >= 11 is 0. The number of carbonyl (C=O) groups excluding carboxylic acids is 1. The monoisotopic (exact) mass is 414 g/mol. The molecule has 0 unspecified atom stereocenters. The Kier molecular flexibility index (Phi) is 6.02. The third-order valence-corrected chi connectivity index (χ3v) is 5.20. The average molecular weight is 415 g/mol. The summed E-state index contributed by atoms with van der Waals surface area (Å²) in [5.41, 5.74) is 5.89. The van der Waals surface area contributed by atoms with Gasteiger partial charge in [0.25, 0.3) is 5.91 Å². The van der Waals surface area contributed by atoms with E-state index in [4.69, 9.17) is 0 Å². The Labute approximate surface area is 181 Å². The zero-order valence-electron chi connectivity index (χ0n) is 18.1. The van der Waals surface area contributed by atoms with Gasteiger partial charge in [0.1, 0.15) is 0 Å². The van der Waals surface area contributed by atoms with Crippen LogP contribution in [0.5, 0.6) is 0 Å². The molecule has 0 aliphatic carbocycles. The number of unbranched alkanes of at least 4 members (excludes halogenated alkanes) is 1. The molecule has 0 spiro atoms. The first-order chi connectivity index (χ1) is 15.0. The number of nitrogens with zero attached hydrogens (tertiary/aromatic N) is 5. The Bertz CT molecular complexity index is 1200. The van der Waals surface area contributed by atoms with Crippen molar-refractivity contribution in [2.45, 2.75) is 46.7 Å². The van der Waals surface area contributed by atoms with E-state index < -0.39 is 0 Å². The van der Waals surface area contributed by atoms with E-state index in [1.54, 1.807) is 12.4 Å². The van der Waals surface area contributed by atoms with E-state index in [2.05, 4.69) is 32.3 Å². The molecule has 1 aromatic carbocycles. The normalized spacial score (nSPS) is 11.1. The first kappa shape index (κ1) is 20.7. The van der Waals surface area contributed by atoms with Crippen molar-refractivity contribution in [3.63, 3.8) is 0 Å². The number of hydrogen-bond donors (Lipinski definition) is 1. The van der Waals surface area contributed by atoms with Crippen LogP contribution in [0.1, 0.15) is 47.1 Å². The molecule has 158 valence electrons. The van der Waals surface area contributed by atoms with Crippen LogP contribution in [0, 0.1) is 13.8 Å². The van der Waals surface area contributed by atoms with Gasteiger partial charge in [0, 0.05) is 35.5 Å². The molecule has 7 nitrogen and oxygen atoms in total. The minimum atomic E-state index is -0.166. The van der Waals surface area contributed by atoms with Crippen molar-refractivity contribution in [2.75, 3.05) is 0 Å². The van der Waals surface area contributed by atoms with Gasteiger partial charge in [0.2, 0.25) is 0 Å². The van der Waals surface area contributed by atoms with Gasteiger partial charge in [-0.1, -0.05) is 19.4 Å². The molecule has 0 fully saturated rings. The fourth-order valence-electron chi connectivity index (χ4n) is 3.42. The summed E-state index contributed by atoms with van der Waals surface area (Å²) in [6.07, 6.45) is 9.18. The van der Waals surface area contributed by atoms with Gasteiger partial charge in [-0.2, -0.15) is 5.10 Å². The van der Waals surface area contributed by atoms with Crippen LogP contribution in [-0.2, 0) is 13.1 Å². The number of carbonyl (C=O) groups is 1. The zero-order chi connectivity index (χ0) is 21.8. The zero-order valence-corrected chi connectivity index (χ0v) is 18.1. The molecule has 0 atom stereocenters. The molecule has 0 bridgehead atoms. The maximum atomic E-state index is 13.0. The van der Waals surface area contributed by atoms with E-state index in [0.29, 0.717) is 17.8 Å². The van der Waals surface area contributed by atoms with Crippen LogP contribution in [-0.4, -0.2) is 30.6 Å². The standard InChI is InChI=1S/C24H26N6O/c1-4-5-8-30-23-10-18(24(31)28-14-19-13-25-17(3)12-26-19)9-20(21(23)15-29-30)22-7-6-16(2)11-27-22/h6-7,9-13,15H,4-5,8,14H2,1-3H3,(H,28,31). The topological polar surface area (TPSA) is 85.6 Å². The smallest absolute Gasteiger partial charge is 0.251 e. The van der Waals surface area contributed by atoms with Crippen molar-refractivity contribution in [3.05, 3.63) is 71.6 Å². The molecule has 1 N–H and O–H groups in total. The Morgan fingerprint density at radius 2 is 1.90 bits per heavy atom. The molecule has 0 saturated carbocycles. The first-order valence-electron chi connectivity index (χ1n) is 10.5. The van der Waals surface area contributed by atoms with Crippen LogP contribution < -0.4 is 5.32 Å². The van der Waals surface area contributed by atoms with Crippen molar-refractivity contribution in [1.82, 2.24) is 30.0 Å². The summed E-state index contributed by atoms with van der Waals surface area (Å²) < 4.78 is 1.97. The van der Waals surface area contributed by atoms with Gasteiger partial charge < -0.3 is 5.32 Å². The van der Waals surface area contributed by atoms with Crippen molar-refractivity contribution in [1.29, 1.82) is 0 Å². The summed E-state index contributed by atoms with van der Waals surface area (Å²) in [4.78, 5) is 26.1. The van der Waals surface area contributed by atoms with Gasteiger partial charge in [-0.05, 0) is 44.0 Å². The lowest BCUT2D eigenvalue weighted by molar-refractivity contribution is 0.0950. The van der Waals surface area contributed by atoms with Gasteiger partial charge in [-0.3, -0.25) is 24.4 Å². The van der Waals surface area contributed by atoms with Crippen molar-refractivity contribution < 1.29 is 4.79 Å². The summed E-state index contributed by atoms with van der Waals surface area (Å²) in [6, 6.07) is 7.81. The third kappa shape index (κ3) is 4.60. The molecule has 3 aromatic heterocycles. The van der Waals surface area contributed by atoms with Gasteiger partial charge >= 0.3 is 0 Å². The largest absolute Gasteiger partial charge is 0.346 e. The Morgan fingerprint density at radius 1 is 1.03 bits per heavy atom. The van der Waals surface area contributed by atoms with Crippen LogP contribution in [0.2, 0.25) is 0 Å². The predicted molar refractivity (Wildman–Crippen MR) is 121 cm³/mol. The lowest BCUT2D eigenvalue weighted by Crippen LogP contribution is -2.23. The maximum Gasteiger partial charge on any atom is 0.251 e. The molecule has 0 aliphatic rings. The van der Waals surface area contributed by atoms with Gasteiger partial charge in [-0.15, -0.1) is 0 Å². The van der Waals surface area contributed by atoms with Crippen LogP contribution in [0.3, 0.4) is 0 Å². The molecule has 0 radical (unpaired) electrons. The first-order valence-corrected chi connectivity index (χ1v) is 10.5. The number of benzene rings is 1. The summed E-state index contributed by atoms with van der Waals surface area (Å²) in [6.45, 7) is 7.17. The Morgan fingerprint density at radius 3 is 2.61 bits per heavy atom. The van der Waals surface area contributed by atoms with Gasteiger partial charge in [0.15, 0.2) is 0 Å². The highest BCUT2D eigenvalue weighted by Gasteiger charge is 2.16. The van der Waals surface area contributed by atoms with E-state index >= 15 is 0 Å². The average Bonchev–Trinajstić information content (AvgIpc) is 3.20. The number of amides is 1. The van der Waals surface area contributed by atoms with Crippen molar-refractivity contribution in [2.24, 2.45) is 0 Å². The van der Waals surface area contributed by atoms with E-state index in [9.17, 15) is 4.79 Å². The highest BCUT2D eigenvalue weighted by atomic mass is 16.1. The minimum Gasteiger partial charge on any atom is -0.346 e.